The van der Waals surface area contributed by atoms with Gasteiger partial charge in [0.2, 0.25) is 0 Å². The number of imidazole rings is 1. The SMILES string of the molecule is Clc1cccc(C2CC(NCc3cnc[nH]3)C2)c1. The van der Waals surface area contributed by atoms with Crippen LogP contribution in [0.3, 0.4) is 0 Å². The van der Waals surface area contributed by atoms with Gasteiger partial charge in [-0.1, -0.05) is 23.7 Å². The fourth-order valence-corrected chi connectivity index (χ4v) is 2.65. The van der Waals surface area contributed by atoms with E-state index in [1.807, 2.05) is 18.3 Å². The zero-order chi connectivity index (χ0) is 12.4. The zero-order valence-electron chi connectivity index (χ0n) is 10.1. The molecule has 0 atom stereocenters. The summed E-state index contributed by atoms with van der Waals surface area (Å²) < 4.78 is 0. The molecule has 0 unspecified atom stereocenters. The highest BCUT2D eigenvalue weighted by atomic mass is 35.5. The molecule has 94 valence electrons. The second kappa shape index (κ2) is 5.12. The van der Waals surface area contributed by atoms with Crippen LogP contribution >= 0.6 is 11.6 Å². The number of aromatic amines is 1. The maximum Gasteiger partial charge on any atom is 0.0922 e. The first-order valence-electron chi connectivity index (χ1n) is 6.27. The topological polar surface area (TPSA) is 40.7 Å². The Morgan fingerprint density at radius 3 is 3.00 bits per heavy atom. The molecule has 1 heterocycles. The van der Waals surface area contributed by atoms with Gasteiger partial charge in [-0.15, -0.1) is 0 Å². The molecule has 0 bridgehead atoms. The van der Waals surface area contributed by atoms with Crippen molar-refractivity contribution in [3.05, 3.63) is 53.1 Å². The molecule has 0 radical (unpaired) electrons. The van der Waals surface area contributed by atoms with Crippen LogP contribution in [0.1, 0.15) is 30.0 Å². The fourth-order valence-electron chi connectivity index (χ4n) is 2.45. The second-order valence-electron chi connectivity index (χ2n) is 4.88. The Kier molecular flexibility index (Phi) is 3.35. The second-order valence-corrected chi connectivity index (χ2v) is 5.31. The highest BCUT2D eigenvalue weighted by Crippen LogP contribution is 2.37. The Labute approximate surface area is 112 Å². The predicted octanol–water partition coefficient (Wildman–Crippen LogP) is 3.10. The molecule has 4 heteroatoms. The lowest BCUT2D eigenvalue weighted by Gasteiger charge is -2.36. The number of benzene rings is 1. The van der Waals surface area contributed by atoms with Gasteiger partial charge in [0, 0.05) is 29.5 Å². The van der Waals surface area contributed by atoms with Gasteiger partial charge in [0.1, 0.15) is 0 Å². The summed E-state index contributed by atoms with van der Waals surface area (Å²) in [6.45, 7) is 0.868. The van der Waals surface area contributed by atoms with E-state index in [0.29, 0.717) is 12.0 Å². The molecule has 1 aliphatic carbocycles. The van der Waals surface area contributed by atoms with E-state index < -0.39 is 0 Å². The Hall–Kier alpha value is -1.32. The van der Waals surface area contributed by atoms with Crippen molar-refractivity contribution >= 4 is 11.6 Å². The van der Waals surface area contributed by atoms with Crippen molar-refractivity contribution in [2.75, 3.05) is 0 Å². The molecule has 1 saturated carbocycles. The van der Waals surface area contributed by atoms with Gasteiger partial charge in [0.25, 0.3) is 0 Å². The van der Waals surface area contributed by atoms with Crippen LogP contribution in [0.4, 0.5) is 0 Å². The molecule has 2 aromatic rings. The van der Waals surface area contributed by atoms with Crippen molar-refractivity contribution in [3.63, 3.8) is 0 Å². The molecule has 2 N–H and O–H groups in total. The Bertz CT molecular complexity index is 504. The van der Waals surface area contributed by atoms with E-state index >= 15 is 0 Å². The summed E-state index contributed by atoms with van der Waals surface area (Å²) in [5.41, 5.74) is 2.50. The third-order valence-corrected chi connectivity index (χ3v) is 3.83. The largest absolute Gasteiger partial charge is 0.347 e. The van der Waals surface area contributed by atoms with Crippen LogP contribution in [-0.2, 0) is 6.54 Å². The molecule has 1 aromatic heterocycles. The van der Waals surface area contributed by atoms with E-state index in [1.54, 1.807) is 6.33 Å². The van der Waals surface area contributed by atoms with Crippen LogP contribution in [0.5, 0.6) is 0 Å². The zero-order valence-corrected chi connectivity index (χ0v) is 10.8. The lowest BCUT2D eigenvalue weighted by molar-refractivity contribution is 0.289. The summed E-state index contributed by atoms with van der Waals surface area (Å²) in [7, 11) is 0. The molecule has 3 nitrogen and oxygen atoms in total. The Morgan fingerprint density at radius 1 is 1.39 bits per heavy atom. The molecule has 18 heavy (non-hydrogen) atoms. The molecule has 0 saturated heterocycles. The maximum absolute atomic E-state index is 6.01. The summed E-state index contributed by atoms with van der Waals surface area (Å²) in [5.74, 6) is 0.656. The van der Waals surface area contributed by atoms with E-state index in [-0.39, 0.29) is 0 Å². The average Bonchev–Trinajstić information content (AvgIpc) is 2.80. The van der Waals surface area contributed by atoms with Gasteiger partial charge in [-0.25, -0.2) is 4.98 Å². The number of aromatic nitrogens is 2. The number of nitrogens with zero attached hydrogens (tertiary/aromatic N) is 1. The third kappa shape index (κ3) is 2.57. The highest BCUT2D eigenvalue weighted by Gasteiger charge is 2.29. The molecule has 1 aliphatic rings. The van der Waals surface area contributed by atoms with Crippen LogP contribution < -0.4 is 5.32 Å². The van der Waals surface area contributed by atoms with E-state index in [9.17, 15) is 0 Å². The average molecular weight is 262 g/mol. The third-order valence-electron chi connectivity index (χ3n) is 3.59. The summed E-state index contributed by atoms with van der Waals surface area (Å²) >= 11 is 6.01. The van der Waals surface area contributed by atoms with E-state index in [4.69, 9.17) is 11.6 Å². The van der Waals surface area contributed by atoms with Crippen molar-refractivity contribution < 1.29 is 0 Å². The lowest BCUT2D eigenvalue weighted by atomic mass is 9.76. The molecular formula is C14H16ClN3. The number of H-pyrrole nitrogens is 1. The van der Waals surface area contributed by atoms with E-state index in [2.05, 4.69) is 27.4 Å². The van der Waals surface area contributed by atoms with Crippen molar-refractivity contribution in [1.29, 1.82) is 0 Å². The van der Waals surface area contributed by atoms with Gasteiger partial charge in [-0.3, -0.25) is 0 Å². The van der Waals surface area contributed by atoms with Crippen LogP contribution in [0.15, 0.2) is 36.8 Å². The van der Waals surface area contributed by atoms with Gasteiger partial charge in [0.15, 0.2) is 0 Å². The van der Waals surface area contributed by atoms with E-state index in [0.717, 1.165) is 17.3 Å². The minimum Gasteiger partial charge on any atom is -0.347 e. The van der Waals surface area contributed by atoms with Crippen LogP contribution in [-0.4, -0.2) is 16.0 Å². The summed E-state index contributed by atoms with van der Waals surface area (Å²) in [6.07, 6.45) is 5.95. The first kappa shape index (κ1) is 11.8. The Morgan fingerprint density at radius 2 is 2.28 bits per heavy atom. The van der Waals surface area contributed by atoms with Gasteiger partial charge in [-0.05, 0) is 36.5 Å². The first-order chi connectivity index (χ1) is 8.81. The van der Waals surface area contributed by atoms with Crippen LogP contribution in [0, 0.1) is 0 Å². The molecule has 1 aromatic carbocycles. The molecule has 1 fully saturated rings. The van der Waals surface area contributed by atoms with Crippen molar-refractivity contribution in [1.82, 2.24) is 15.3 Å². The molecular weight excluding hydrogens is 246 g/mol. The van der Waals surface area contributed by atoms with Gasteiger partial charge in [0.05, 0.1) is 6.33 Å². The van der Waals surface area contributed by atoms with Crippen molar-refractivity contribution in [2.24, 2.45) is 0 Å². The first-order valence-corrected chi connectivity index (χ1v) is 6.65. The molecule has 0 amide bonds. The Balaban J connectivity index is 1.48. The number of hydrogen-bond donors (Lipinski definition) is 2. The standard InChI is InChI=1S/C14H16ClN3/c15-12-3-1-2-10(4-12)11-5-13(6-11)17-8-14-7-16-9-18-14/h1-4,7,9,11,13,17H,5-6,8H2,(H,16,18). The number of rotatable bonds is 4. The quantitative estimate of drug-likeness (QED) is 0.888. The minimum absolute atomic E-state index is 0.609. The molecule has 3 rings (SSSR count). The van der Waals surface area contributed by atoms with Crippen LogP contribution in [0.25, 0.3) is 0 Å². The normalized spacial score (nSPS) is 22.7. The molecule has 0 spiro atoms. The lowest BCUT2D eigenvalue weighted by Crippen LogP contribution is -2.39. The number of nitrogens with one attached hydrogen (secondary N) is 2. The van der Waals surface area contributed by atoms with Crippen molar-refractivity contribution in [3.8, 4) is 0 Å². The van der Waals surface area contributed by atoms with Crippen molar-refractivity contribution in [2.45, 2.75) is 31.3 Å². The van der Waals surface area contributed by atoms with Gasteiger partial charge in [-0.2, -0.15) is 0 Å². The molecule has 0 aliphatic heterocycles. The summed E-state index contributed by atoms with van der Waals surface area (Å²) in [5, 5.41) is 4.37. The highest BCUT2D eigenvalue weighted by molar-refractivity contribution is 6.30. The smallest absolute Gasteiger partial charge is 0.0922 e. The van der Waals surface area contributed by atoms with Gasteiger partial charge >= 0.3 is 0 Å². The summed E-state index contributed by atoms with van der Waals surface area (Å²) in [6, 6.07) is 8.82. The fraction of sp³-hybridized carbons (Fsp3) is 0.357. The number of halogens is 1. The van der Waals surface area contributed by atoms with E-state index in [1.165, 1.54) is 18.4 Å². The number of hydrogen-bond acceptors (Lipinski definition) is 2. The monoisotopic (exact) mass is 261 g/mol. The maximum atomic E-state index is 6.01. The predicted molar refractivity (Wildman–Crippen MR) is 72.6 cm³/mol. The van der Waals surface area contributed by atoms with Crippen LogP contribution in [0.2, 0.25) is 5.02 Å². The van der Waals surface area contributed by atoms with Gasteiger partial charge < -0.3 is 10.3 Å². The minimum atomic E-state index is 0.609. The summed E-state index contributed by atoms with van der Waals surface area (Å²) in [4.78, 5) is 7.11.